The lowest BCUT2D eigenvalue weighted by Crippen LogP contribution is -2.75. The van der Waals surface area contributed by atoms with Gasteiger partial charge in [-0.05, 0) is 58.8 Å². The number of benzene rings is 3. The van der Waals surface area contributed by atoms with E-state index in [-0.39, 0.29) is 68.4 Å². The number of thiophene rings is 1. The minimum absolute atomic E-state index is 0.0679. The number of aryl methyl sites for hydroxylation is 1. The number of nitrogens with one attached hydrogen (secondary N) is 1. The van der Waals surface area contributed by atoms with Crippen molar-refractivity contribution >= 4 is 35.0 Å². The van der Waals surface area contributed by atoms with Crippen LogP contribution in [0.2, 0.25) is 0 Å². The topological polar surface area (TPSA) is 114 Å². The van der Waals surface area contributed by atoms with Gasteiger partial charge in [-0.25, -0.2) is 10.0 Å². The molecule has 0 unspecified atom stereocenters. The highest BCUT2D eigenvalue weighted by Crippen LogP contribution is 2.30. The average molecular weight is 678 g/mol. The van der Waals surface area contributed by atoms with Crippen LogP contribution in [0.4, 0.5) is 0 Å². The molecule has 0 spiro atoms. The minimum atomic E-state index is -0.886. The van der Waals surface area contributed by atoms with Gasteiger partial charge in [0.25, 0.3) is 5.91 Å². The van der Waals surface area contributed by atoms with Gasteiger partial charge < -0.3 is 20.2 Å². The Hall–Kier alpha value is -5.26. The second-order valence-corrected chi connectivity index (χ2v) is 13.2. The number of carbonyl (C=O) groups excluding carboxylic acids is 4. The number of amides is 4. The summed E-state index contributed by atoms with van der Waals surface area (Å²) in [5, 5.41) is 18.1. The smallest absolute Gasteiger partial charge is 0.251 e. The second kappa shape index (κ2) is 15.3. The molecule has 2 aliphatic rings. The van der Waals surface area contributed by atoms with E-state index < -0.39 is 12.2 Å². The molecule has 2 N–H and O–H groups in total. The van der Waals surface area contributed by atoms with Gasteiger partial charge >= 0.3 is 0 Å². The molecule has 2 fully saturated rings. The number of hydrogen-bond acceptors (Lipinski definition) is 7. The number of nitrogens with zero attached hydrogens (tertiary/aromatic N) is 4. The monoisotopic (exact) mass is 677 g/mol. The number of hydrogen-bond donors (Lipinski definition) is 2. The van der Waals surface area contributed by atoms with E-state index >= 15 is 0 Å². The van der Waals surface area contributed by atoms with E-state index in [0.29, 0.717) is 18.5 Å². The van der Waals surface area contributed by atoms with Crippen molar-refractivity contribution < 1.29 is 24.3 Å². The number of phenols is 1. The van der Waals surface area contributed by atoms with Gasteiger partial charge in [0.05, 0.1) is 19.6 Å². The molecule has 3 heterocycles. The van der Waals surface area contributed by atoms with E-state index in [9.17, 15) is 24.3 Å². The maximum atomic E-state index is 14.3. The van der Waals surface area contributed by atoms with Gasteiger partial charge in [-0.1, -0.05) is 66.7 Å². The highest BCUT2D eigenvalue weighted by Gasteiger charge is 2.51. The van der Waals surface area contributed by atoms with Gasteiger partial charge in [0.15, 0.2) is 0 Å². The van der Waals surface area contributed by atoms with Crippen molar-refractivity contribution in [1.82, 2.24) is 25.1 Å². The third kappa shape index (κ3) is 7.90. The molecule has 0 radical (unpaired) electrons. The highest BCUT2D eigenvalue weighted by atomic mass is 32.1. The zero-order valence-electron chi connectivity index (χ0n) is 27.1. The molecular weight excluding hydrogens is 639 g/mol. The van der Waals surface area contributed by atoms with E-state index in [4.69, 9.17) is 0 Å². The molecule has 4 amide bonds. The Labute approximate surface area is 289 Å². The molecule has 252 valence electrons. The van der Waals surface area contributed by atoms with Crippen molar-refractivity contribution in [1.29, 1.82) is 0 Å². The van der Waals surface area contributed by atoms with Crippen molar-refractivity contribution in [3.8, 4) is 5.75 Å². The van der Waals surface area contributed by atoms with Crippen LogP contribution in [0, 0.1) is 0 Å². The van der Waals surface area contributed by atoms with Crippen LogP contribution in [0.25, 0.3) is 0 Å². The second-order valence-electron chi connectivity index (χ2n) is 12.2. The molecule has 6 rings (SSSR count). The van der Waals surface area contributed by atoms with Crippen LogP contribution in [0.5, 0.6) is 5.75 Å². The molecule has 0 aliphatic carbocycles. The fourth-order valence-electron chi connectivity index (χ4n) is 6.48. The number of aromatic hydroxyl groups is 1. The molecule has 3 aromatic carbocycles. The van der Waals surface area contributed by atoms with Crippen LogP contribution in [0.1, 0.15) is 38.3 Å². The summed E-state index contributed by atoms with van der Waals surface area (Å²) in [5.41, 5.74) is 3.02. The van der Waals surface area contributed by atoms with Crippen LogP contribution >= 0.6 is 11.3 Å². The summed E-state index contributed by atoms with van der Waals surface area (Å²) in [6.07, 6.45) is 1.86. The quantitative estimate of drug-likeness (QED) is 0.216. The first-order valence-electron chi connectivity index (χ1n) is 16.3. The molecule has 4 aromatic rings. The van der Waals surface area contributed by atoms with Crippen LogP contribution in [0.3, 0.4) is 0 Å². The molecule has 2 atom stereocenters. The van der Waals surface area contributed by atoms with Gasteiger partial charge in [0.2, 0.25) is 17.7 Å². The lowest BCUT2D eigenvalue weighted by Gasteiger charge is -2.55. The fraction of sp³-hybridized carbons (Fsp3) is 0.263. The van der Waals surface area contributed by atoms with E-state index in [1.165, 1.54) is 0 Å². The van der Waals surface area contributed by atoms with E-state index in [0.717, 1.165) is 21.6 Å². The van der Waals surface area contributed by atoms with Gasteiger partial charge in [-0.2, -0.15) is 0 Å². The summed E-state index contributed by atoms with van der Waals surface area (Å²) in [7, 11) is 0. The third-order valence-electron chi connectivity index (χ3n) is 8.83. The van der Waals surface area contributed by atoms with Crippen LogP contribution in [-0.4, -0.2) is 80.4 Å². The largest absolute Gasteiger partial charge is 0.508 e. The Morgan fingerprint density at radius 3 is 2.45 bits per heavy atom. The predicted molar refractivity (Wildman–Crippen MR) is 187 cm³/mol. The van der Waals surface area contributed by atoms with Crippen molar-refractivity contribution in [3.63, 3.8) is 0 Å². The molecule has 10 nitrogen and oxygen atoms in total. The SMILES string of the molecule is C=CCN1CC(=O)N2[C@@H](Cc3ccc(O)cc3)C(=O)N(Cc3cccc(C(=O)NCc4cccs4)c3)C[C@@H]2N1C(=O)CCc1ccccc1. The van der Waals surface area contributed by atoms with E-state index in [1.807, 2.05) is 53.9 Å². The van der Waals surface area contributed by atoms with E-state index in [1.54, 1.807) is 79.7 Å². The highest BCUT2D eigenvalue weighted by molar-refractivity contribution is 7.09. The summed E-state index contributed by atoms with van der Waals surface area (Å²) in [6, 6.07) is 26.5. The first-order valence-corrected chi connectivity index (χ1v) is 17.2. The lowest BCUT2D eigenvalue weighted by atomic mass is 9.97. The summed E-state index contributed by atoms with van der Waals surface area (Å²) in [4.78, 5) is 59.6. The molecule has 11 heteroatoms. The Bertz CT molecular complexity index is 1800. The maximum absolute atomic E-state index is 14.3. The Morgan fingerprint density at radius 1 is 0.939 bits per heavy atom. The lowest BCUT2D eigenvalue weighted by molar-refractivity contribution is -0.205. The average Bonchev–Trinajstić information content (AvgIpc) is 3.63. The first kappa shape index (κ1) is 33.6. The number of carbonyl (C=O) groups is 4. The number of hydrazine groups is 1. The minimum Gasteiger partial charge on any atom is -0.508 e. The van der Waals surface area contributed by atoms with Crippen LogP contribution < -0.4 is 5.32 Å². The number of piperazine rings is 1. The Balaban J connectivity index is 1.29. The summed E-state index contributed by atoms with van der Waals surface area (Å²) < 4.78 is 0. The van der Waals surface area contributed by atoms with Gasteiger partial charge in [0, 0.05) is 36.4 Å². The molecule has 2 aliphatic heterocycles. The van der Waals surface area contributed by atoms with Crippen LogP contribution in [0.15, 0.2) is 109 Å². The maximum Gasteiger partial charge on any atom is 0.251 e. The van der Waals surface area contributed by atoms with E-state index in [2.05, 4.69) is 11.9 Å². The van der Waals surface area contributed by atoms with Crippen molar-refractivity contribution in [2.24, 2.45) is 0 Å². The first-order chi connectivity index (χ1) is 23.8. The molecular formula is C38H39N5O5S. The summed E-state index contributed by atoms with van der Waals surface area (Å²) >= 11 is 1.57. The number of rotatable bonds is 12. The Morgan fingerprint density at radius 2 is 1.71 bits per heavy atom. The van der Waals surface area contributed by atoms with Crippen molar-refractivity contribution in [3.05, 3.63) is 136 Å². The fourth-order valence-corrected chi connectivity index (χ4v) is 7.13. The Kier molecular flexibility index (Phi) is 10.5. The van der Waals surface area contributed by atoms with Gasteiger partial charge in [-0.3, -0.25) is 19.2 Å². The molecule has 1 aromatic heterocycles. The van der Waals surface area contributed by atoms with Gasteiger partial charge in [0.1, 0.15) is 18.0 Å². The third-order valence-corrected chi connectivity index (χ3v) is 9.70. The molecule has 0 saturated carbocycles. The normalized spacial score (nSPS) is 17.9. The predicted octanol–water partition coefficient (Wildman–Crippen LogP) is 4.37. The molecule has 2 saturated heterocycles. The zero-order valence-corrected chi connectivity index (χ0v) is 27.9. The molecule has 0 bridgehead atoms. The zero-order chi connectivity index (χ0) is 34.3. The van der Waals surface area contributed by atoms with Crippen molar-refractivity contribution in [2.75, 3.05) is 19.6 Å². The molecule has 49 heavy (non-hydrogen) atoms. The van der Waals surface area contributed by atoms with Crippen molar-refractivity contribution in [2.45, 2.75) is 44.6 Å². The standard InChI is InChI=1S/C38H39N5O5S/c1-2-19-41-26-36(46)42-33(22-28-13-16-31(44)17-14-28)38(48)40(25-34(42)43(41)35(45)18-15-27-8-4-3-5-9-27)24-29-10-6-11-30(21-29)37(47)39-23-32-12-7-20-49-32/h2-14,16-17,20-21,33-34,44H,1,15,18-19,22-26H2,(H,39,47)/t33-,34-/m0/s1. The number of fused-ring (bicyclic) bond motifs is 1. The van der Waals surface area contributed by atoms with Crippen LogP contribution in [-0.2, 0) is 40.3 Å². The summed E-state index contributed by atoms with van der Waals surface area (Å²) in [6.45, 7) is 4.78. The number of phenolic OH excluding ortho intramolecular Hbond substituents is 1. The van der Waals surface area contributed by atoms with Gasteiger partial charge in [-0.15, -0.1) is 17.9 Å². The summed E-state index contributed by atoms with van der Waals surface area (Å²) in [5.74, 6) is -0.777.